The van der Waals surface area contributed by atoms with Crippen molar-refractivity contribution in [2.24, 2.45) is 0 Å². The van der Waals surface area contributed by atoms with Crippen LogP contribution in [-0.2, 0) is 4.79 Å². The van der Waals surface area contributed by atoms with E-state index in [0.717, 1.165) is 0 Å². The van der Waals surface area contributed by atoms with E-state index in [2.05, 4.69) is 5.32 Å². The lowest BCUT2D eigenvalue weighted by Crippen LogP contribution is -2.33. The Labute approximate surface area is 113 Å². The average Bonchev–Trinajstić information content (AvgIpc) is 2.67. The van der Waals surface area contributed by atoms with Gasteiger partial charge < -0.3 is 4.90 Å². The van der Waals surface area contributed by atoms with Gasteiger partial charge in [-0.05, 0) is 17.7 Å². The number of rotatable bonds is 3. The molecule has 1 unspecified atom stereocenters. The Kier molecular flexibility index (Phi) is 4.01. The van der Waals surface area contributed by atoms with Gasteiger partial charge in [0.15, 0.2) is 0 Å². The van der Waals surface area contributed by atoms with Gasteiger partial charge in [-0.2, -0.15) is 13.2 Å². The molecular formula is C12H12ClF3N2O. The van der Waals surface area contributed by atoms with E-state index < -0.39 is 18.8 Å². The third kappa shape index (κ3) is 3.61. The first-order valence-corrected chi connectivity index (χ1v) is 6.10. The third-order valence-electron chi connectivity index (χ3n) is 2.88. The number of carbonyl (C=O) groups excluding carboxylic acids is 1. The quantitative estimate of drug-likeness (QED) is 0.929. The fourth-order valence-electron chi connectivity index (χ4n) is 2.02. The monoisotopic (exact) mass is 292 g/mol. The second-order valence-corrected chi connectivity index (χ2v) is 4.73. The summed E-state index contributed by atoms with van der Waals surface area (Å²) in [6.45, 7) is -0.318. The highest BCUT2D eigenvalue weighted by atomic mass is 35.5. The summed E-state index contributed by atoms with van der Waals surface area (Å²) in [5.41, 5.74) is 0.681. The van der Waals surface area contributed by atoms with Gasteiger partial charge in [0.25, 0.3) is 0 Å². The van der Waals surface area contributed by atoms with Crippen molar-refractivity contribution in [1.82, 2.24) is 10.2 Å². The molecule has 1 fully saturated rings. The minimum absolute atomic E-state index is 0.0367. The summed E-state index contributed by atoms with van der Waals surface area (Å²) in [6.07, 6.45) is -5.84. The molecule has 104 valence electrons. The number of hydrogen-bond acceptors (Lipinski definition) is 2. The fraction of sp³-hybridized carbons (Fsp3) is 0.417. The average molecular weight is 293 g/mol. The second kappa shape index (κ2) is 5.38. The predicted molar refractivity (Wildman–Crippen MR) is 64.6 cm³/mol. The van der Waals surface area contributed by atoms with Crippen LogP contribution in [0.4, 0.5) is 13.2 Å². The Morgan fingerprint density at radius 3 is 2.79 bits per heavy atom. The molecule has 1 aromatic rings. The lowest BCUT2D eigenvalue weighted by Gasteiger charge is -2.25. The van der Waals surface area contributed by atoms with Gasteiger partial charge in [0, 0.05) is 11.6 Å². The van der Waals surface area contributed by atoms with Gasteiger partial charge in [-0.25, -0.2) is 0 Å². The number of halogens is 4. The Morgan fingerprint density at radius 1 is 1.42 bits per heavy atom. The minimum Gasteiger partial charge on any atom is -0.321 e. The molecule has 1 aromatic carbocycles. The van der Waals surface area contributed by atoms with Gasteiger partial charge in [0.05, 0.1) is 13.0 Å². The molecule has 2 rings (SSSR count). The van der Waals surface area contributed by atoms with Crippen LogP contribution in [0.5, 0.6) is 0 Å². The molecule has 1 N–H and O–H groups in total. The maximum absolute atomic E-state index is 12.3. The summed E-state index contributed by atoms with van der Waals surface area (Å²) in [4.78, 5) is 12.8. The van der Waals surface area contributed by atoms with E-state index in [9.17, 15) is 18.0 Å². The van der Waals surface area contributed by atoms with Crippen LogP contribution in [0.3, 0.4) is 0 Å². The zero-order chi connectivity index (χ0) is 14.0. The molecule has 0 saturated carbocycles. The lowest BCUT2D eigenvalue weighted by molar-refractivity contribution is -0.144. The smallest absolute Gasteiger partial charge is 0.321 e. The first kappa shape index (κ1) is 14.1. The highest BCUT2D eigenvalue weighted by Crippen LogP contribution is 2.27. The number of nitrogens with one attached hydrogen (secondary N) is 1. The molecular weight excluding hydrogens is 281 g/mol. The minimum atomic E-state index is -4.28. The van der Waals surface area contributed by atoms with Crippen molar-refractivity contribution in [3.05, 3.63) is 34.9 Å². The van der Waals surface area contributed by atoms with Gasteiger partial charge in [-0.15, -0.1) is 0 Å². The number of carbonyl (C=O) groups is 1. The summed E-state index contributed by atoms with van der Waals surface area (Å²) < 4.78 is 36.8. The van der Waals surface area contributed by atoms with Crippen LogP contribution in [0.25, 0.3) is 0 Å². The molecule has 1 saturated heterocycles. The molecule has 1 atom stereocenters. The van der Waals surface area contributed by atoms with Crippen LogP contribution in [0, 0.1) is 0 Å². The molecule has 3 nitrogen and oxygen atoms in total. The Balaban J connectivity index is 2.13. The Hall–Kier alpha value is -1.27. The van der Waals surface area contributed by atoms with Gasteiger partial charge >= 0.3 is 6.18 Å². The Bertz CT molecular complexity index is 478. The van der Waals surface area contributed by atoms with Crippen molar-refractivity contribution in [2.45, 2.75) is 18.8 Å². The standard InChI is InChI=1S/C12H12ClF3N2O/c13-9-3-1-2-8(6-9)11-17-7-10(19)18(11)5-4-12(14,15)16/h1-3,6,11,17H,4-5,7H2. The molecule has 0 spiro atoms. The summed E-state index contributed by atoms with van der Waals surface area (Å²) in [5, 5.41) is 3.37. The van der Waals surface area contributed by atoms with Gasteiger partial charge in [-0.1, -0.05) is 23.7 Å². The second-order valence-electron chi connectivity index (χ2n) is 4.29. The van der Waals surface area contributed by atoms with Crippen molar-refractivity contribution in [2.75, 3.05) is 13.1 Å². The molecule has 0 radical (unpaired) electrons. The molecule has 0 aliphatic carbocycles. The van der Waals surface area contributed by atoms with E-state index >= 15 is 0 Å². The van der Waals surface area contributed by atoms with E-state index in [-0.39, 0.29) is 19.0 Å². The molecule has 0 bridgehead atoms. The van der Waals surface area contributed by atoms with Crippen LogP contribution in [0.2, 0.25) is 5.02 Å². The largest absolute Gasteiger partial charge is 0.390 e. The normalized spacial score (nSPS) is 20.1. The molecule has 7 heteroatoms. The number of hydrogen-bond donors (Lipinski definition) is 1. The Morgan fingerprint density at radius 2 is 2.16 bits per heavy atom. The summed E-state index contributed by atoms with van der Waals surface area (Å²) in [6, 6.07) is 6.73. The molecule has 1 heterocycles. The number of amides is 1. The van der Waals surface area contributed by atoms with Crippen molar-refractivity contribution >= 4 is 17.5 Å². The lowest BCUT2D eigenvalue weighted by atomic mass is 10.1. The van der Waals surface area contributed by atoms with Crippen LogP contribution in [0.1, 0.15) is 18.2 Å². The van der Waals surface area contributed by atoms with E-state index in [1.807, 2.05) is 0 Å². The summed E-state index contributed by atoms with van der Waals surface area (Å²) in [7, 11) is 0. The number of nitrogens with zero attached hydrogens (tertiary/aromatic N) is 1. The fourth-order valence-corrected chi connectivity index (χ4v) is 2.21. The summed E-state index contributed by atoms with van der Waals surface area (Å²) in [5.74, 6) is -0.339. The highest BCUT2D eigenvalue weighted by Gasteiger charge is 2.35. The van der Waals surface area contributed by atoms with Crippen molar-refractivity contribution in [3.63, 3.8) is 0 Å². The third-order valence-corrected chi connectivity index (χ3v) is 3.11. The van der Waals surface area contributed by atoms with Crippen LogP contribution in [0.15, 0.2) is 24.3 Å². The highest BCUT2D eigenvalue weighted by molar-refractivity contribution is 6.30. The zero-order valence-corrected chi connectivity index (χ0v) is 10.6. The maximum atomic E-state index is 12.3. The predicted octanol–water partition coefficient (Wildman–Crippen LogP) is 2.72. The van der Waals surface area contributed by atoms with Crippen LogP contribution in [-0.4, -0.2) is 30.1 Å². The molecule has 19 heavy (non-hydrogen) atoms. The van der Waals surface area contributed by atoms with Gasteiger partial charge in [0.2, 0.25) is 5.91 Å². The van der Waals surface area contributed by atoms with Gasteiger partial charge in [0.1, 0.15) is 6.17 Å². The molecule has 1 aliphatic heterocycles. The van der Waals surface area contributed by atoms with Crippen molar-refractivity contribution in [3.8, 4) is 0 Å². The molecule has 1 aliphatic rings. The van der Waals surface area contributed by atoms with Crippen molar-refractivity contribution < 1.29 is 18.0 Å². The van der Waals surface area contributed by atoms with Gasteiger partial charge in [-0.3, -0.25) is 10.1 Å². The van der Waals surface area contributed by atoms with Crippen LogP contribution < -0.4 is 5.32 Å². The first-order chi connectivity index (χ1) is 8.87. The van der Waals surface area contributed by atoms with Crippen molar-refractivity contribution in [1.29, 1.82) is 0 Å². The van der Waals surface area contributed by atoms with E-state index in [1.165, 1.54) is 4.90 Å². The number of benzene rings is 1. The maximum Gasteiger partial charge on any atom is 0.390 e. The SMILES string of the molecule is O=C1CNC(c2cccc(Cl)c2)N1CCC(F)(F)F. The van der Waals surface area contributed by atoms with Crippen LogP contribution >= 0.6 is 11.6 Å². The topological polar surface area (TPSA) is 32.3 Å². The molecule has 0 aromatic heterocycles. The molecule has 1 amide bonds. The van der Waals surface area contributed by atoms with E-state index in [4.69, 9.17) is 11.6 Å². The first-order valence-electron chi connectivity index (χ1n) is 5.72. The zero-order valence-electron chi connectivity index (χ0n) is 9.88. The number of alkyl halides is 3. The summed E-state index contributed by atoms with van der Waals surface area (Å²) >= 11 is 5.85. The van der Waals surface area contributed by atoms with E-state index in [0.29, 0.717) is 10.6 Å². The van der Waals surface area contributed by atoms with E-state index in [1.54, 1.807) is 24.3 Å².